The van der Waals surface area contributed by atoms with Crippen LogP contribution in [0.5, 0.6) is 0 Å². The van der Waals surface area contributed by atoms with E-state index in [-0.39, 0.29) is 35.3 Å². The van der Waals surface area contributed by atoms with E-state index in [2.05, 4.69) is 10.3 Å². The van der Waals surface area contributed by atoms with Crippen LogP contribution in [-0.4, -0.2) is 34.8 Å². The van der Waals surface area contributed by atoms with E-state index in [9.17, 15) is 22.8 Å². The number of pyridine rings is 1. The van der Waals surface area contributed by atoms with Crippen molar-refractivity contribution in [2.24, 2.45) is 11.3 Å². The van der Waals surface area contributed by atoms with Crippen molar-refractivity contribution in [1.82, 2.24) is 15.2 Å². The van der Waals surface area contributed by atoms with Crippen molar-refractivity contribution in [2.75, 3.05) is 13.1 Å². The first-order valence-corrected chi connectivity index (χ1v) is 9.92. The Morgan fingerprint density at radius 1 is 1.13 bits per heavy atom. The molecule has 1 aromatic carbocycles. The summed E-state index contributed by atoms with van der Waals surface area (Å²) in [6.45, 7) is 0.982. The molecule has 1 aliphatic heterocycles. The first kappa shape index (κ1) is 20.4. The lowest BCUT2D eigenvalue weighted by Gasteiger charge is -2.32. The maximum Gasteiger partial charge on any atom is 0.416 e. The van der Waals surface area contributed by atoms with Gasteiger partial charge in [0.15, 0.2) is 0 Å². The number of piperidine rings is 1. The second kappa shape index (κ2) is 7.74. The minimum absolute atomic E-state index is 0.0601. The van der Waals surface area contributed by atoms with E-state index in [1.54, 1.807) is 29.4 Å². The summed E-state index contributed by atoms with van der Waals surface area (Å²) in [4.78, 5) is 30.8. The smallest absolute Gasteiger partial charge is 0.352 e. The topological polar surface area (TPSA) is 62.3 Å². The molecule has 1 atom stereocenters. The van der Waals surface area contributed by atoms with Crippen molar-refractivity contribution in [3.05, 3.63) is 65.5 Å². The molecule has 2 heterocycles. The van der Waals surface area contributed by atoms with Crippen LogP contribution in [0.3, 0.4) is 0 Å². The van der Waals surface area contributed by atoms with E-state index in [0.29, 0.717) is 25.1 Å². The lowest BCUT2D eigenvalue weighted by atomic mass is 9.90. The standard InChI is InChI=1S/C22H22F3N3O2/c23-22(24,25)17-6-2-1-4-15(17)14-27-19(29)18-12-21(18)7-10-28(11-8-21)20(30)16-5-3-9-26-13-16/h1-6,9,13,18H,7-8,10-12,14H2,(H,27,29). The van der Waals surface area contributed by atoms with Gasteiger partial charge in [0.2, 0.25) is 5.91 Å². The van der Waals surface area contributed by atoms with Gasteiger partial charge in [-0.15, -0.1) is 0 Å². The average molecular weight is 417 g/mol. The molecule has 2 amide bonds. The Balaban J connectivity index is 1.31. The van der Waals surface area contributed by atoms with E-state index < -0.39 is 11.7 Å². The van der Waals surface area contributed by atoms with Gasteiger partial charge in [-0.25, -0.2) is 0 Å². The van der Waals surface area contributed by atoms with Gasteiger partial charge in [0.1, 0.15) is 0 Å². The SMILES string of the molecule is O=C(NCc1ccccc1C(F)(F)F)C1CC12CCN(C(=O)c1cccnc1)CC2. The second-order valence-electron chi connectivity index (χ2n) is 8.03. The predicted octanol–water partition coefficient (Wildman–Crippen LogP) is 3.66. The summed E-state index contributed by atoms with van der Waals surface area (Å²) < 4.78 is 39.3. The molecule has 158 valence electrons. The maximum absolute atomic E-state index is 13.1. The van der Waals surface area contributed by atoms with Crippen LogP contribution in [0, 0.1) is 11.3 Å². The highest BCUT2D eigenvalue weighted by molar-refractivity contribution is 5.94. The highest BCUT2D eigenvalue weighted by Gasteiger charge is 2.58. The Hall–Kier alpha value is -2.90. The van der Waals surface area contributed by atoms with Gasteiger partial charge in [-0.2, -0.15) is 13.2 Å². The Bertz CT molecular complexity index is 938. The molecule has 1 saturated carbocycles. The number of likely N-dealkylation sites (tertiary alicyclic amines) is 1. The number of nitrogens with zero attached hydrogens (tertiary/aromatic N) is 2. The van der Waals surface area contributed by atoms with Crippen LogP contribution >= 0.6 is 0 Å². The Morgan fingerprint density at radius 2 is 1.87 bits per heavy atom. The van der Waals surface area contributed by atoms with Crippen LogP contribution in [0.2, 0.25) is 0 Å². The van der Waals surface area contributed by atoms with Crippen LogP contribution < -0.4 is 5.32 Å². The molecule has 1 saturated heterocycles. The third-order valence-electron chi connectivity index (χ3n) is 6.24. The fourth-order valence-electron chi connectivity index (χ4n) is 4.35. The molecule has 2 aromatic rings. The summed E-state index contributed by atoms with van der Waals surface area (Å²) in [5.74, 6) is -0.478. The molecule has 2 fully saturated rings. The molecule has 1 N–H and O–H groups in total. The van der Waals surface area contributed by atoms with Crippen molar-refractivity contribution >= 4 is 11.8 Å². The molecule has 4 rings (SSSR count). The zero-order valence-electron chi connectivity index (χ0n) is 16.3. The first-order chi connectivity index (χ1) is 14.3. The van der Waals surface area contributed by atoms with Crippen LogP contribution in [0.4, 0.5) is 13.2 Å². The molecule has 8 heteroatoms. The number of alkyl halides is 3. The summed E-state index contributed by atoms with van der Waals surface area (Å²) in [5, 5.41) is 2.68. The lowest BCUT2D eigenvalue weighted by Crippen LogP contribution is -2.40. The molecule has 30 heavy (non-hydrogen) atoms. The zero-order valence-corrected chi connectivity index (χ0v) is 16.3. The van der Waals surface area contributed by atoms with Crippen molar-refractivity contribution in [2.45, 2.75) is 32.0 Å². The Morgan fingerprint density at radius 3 is 2.53 bits per heavy atom. The number of aromatic nitrogens is 1. The third kappa shape index (κ3) is 4.04. The number of hydrogen-bond acceptors (Lipinski definition) is 3. The van der Waals surface area contributed by atoms with E-state index in [1.165, 1.54) is 18.2 Å². The minimum atomic E-state index is -4.45. The molecular weight excluding hydrogens is 395 g/mol. The van der Waals surface area contributed by atoms with Crippen molar-refractivity contribution in [1.29, 1.82) is 0 Å². The van der Waals surface area contributed by atoms with Crippen molar-refractivity contribution in [3.8, 4) is 0 Å². The van der Waals surface area contributed by atoms with Gasteiger partial charge >= 0.3 is 6.18 Å². The second-order valence-corrected chi connectivity index (χ2v) is 8.03. The molecule has 1 unspecified atom stereocenters. The number of carbonyl (C=O) groups excluding carboxylic acids is 2. The first-order valence-electron chi connectivity index (χ1n) is 9.92. The van der Waals surface area contributed by atoms with Gasteiger partial charge in [-0.05, 0) is 48.4 Å². The monoisotopic (exact) mass is 417 g/mol. The van der Waals surface area contributed by atoms with E-state index in [4.69, 9.17) is 0 Å². The van der Waals surface area contributed by atoms with Crippen LogP contribution in [0.1, 0.15) is 40.7 Å². The number of rotatable bonds is 4. The van der Waals surface area contributed by atoms with Crippen LogP contribution in [0.25, 0.3) is 0 Å². The van der Waals surface area contributed by atoms with Crippen LogP contribution in [-0.2, 0) is 17.5 Å². The maximum atomic E-state index is 13.1. The molecular formula is C22H22F3N3O2. The molecule has 0 bridgehead atoms. The van der Waals surface area contributed by atoms with Crippen LogP contribution in [0.15, 0.2) is 48.8 Å². The van der Waals surface area contributed by atoms with Gasteiger partial charge in [0.05, 0.1) is 11.1 Å². The summed E-state index contributed by atoms with van der Waals surface area (Å²) in [6.07, 6.45) is 0.859. The zero-order chi connectivity index (χ0) is 21.4. The number of carbonyl (C=O) groups is 2. The molecule has 2 aliphatic rings. The number of nitrogens with one attached hydrogen (secondary N) is 1. The fraction of sp³-hybridized carbons (Fsp3) is 0.409. The summed E-state index contributed by atoms with van der Waals surface area (Å²) in [6, 6.07) is 8.72. The average Bonchev–Trinajstić information content (AvgIpc) is 3.45. The normalized spacial score (nSPS) is 20.1. The Labute approximate surface area is 172 Å². The van der Waals surface area contributed by atoms with Gasteiger partial charge in [-0.3, -0.25) is 14.6 Å². The molecule has 1 aliphatic carbocycles. The number of benzene rings is 1. The largest absolute Gasteiger partial charge is 0.416 e. The number of halogens is 3. The summed E-state index contributed by atoms with van der Waals surface area (Å²) in [7, 11) is 0. The molecule has 1 aromatic heterocycles. The van der Waals surface area contributed by atoms with Gasteiger partial charge < -0.3 is 10.2 Å². The van der Waals surface area contributed by atoms with Crippen molar-refractivity contribution < 1.29 is 22.8 Å². The van der Waals surface area contributed by atoms with Crippen molar-refractivity contribution in [3.63, 3.8) is 0 Å². The van der Waals surface area contributed by atoms with E-state index in [0.717, 1.165) is 18.9 Å². The van der Waals surface area contributed by atoms with Gasteiger partial charge in [0.25, 0.3) is 5.91 Å². The molecule has 1 spiro atoms. The Kier molecular flexibility index (Phi) is 5.26. The quantitative estimate of drug-likeness (QED) is 0.826. The summed E-state index contributed by atoms with van der Waals surface area (Å²) >= 11 is 0. The fourth-order valence-corrected chi connectivity index (χ4v) is 4.35. The highest BCUT2D eigenvalue weighted by Crippen LogP contribution is 2.59. The molecule has 5 nitrogen and oxygen atoms in total. The van der Waals surface area contributed by atoms with E-state index in [1.807, 2.05) is 0 Å². The highest BCUT2D eigenvalue weighted by atomic mass is 19.4. The minimum Gasteiger partial charge on any atom is -0.352 e. The van der Waals surface area contributed by atoms with Gasteiger partial charge in [0, 0.05) is 37.9 Å². The van der Waals surface area contributed by atoms with E-state index >= 15 is 0 Å². The number of hydrogen-bond donors (Lipinski definition) is 1. The lowest BCUT2D eigenvalue weighted by molar-refractivity contribution is -0.138. The predicted molar refractivity (Wildman–Crippen MR) is 103 cm³/mol. The molecule has 0 radical (unpaired) electrons. The third-order valence-corrected chi connectivity index (χ3v) is 6.24. The summed E-state index contributed by atoms with van der Waals surface area (Å²) in [5.41, 5.74) is -0.260. The van der Waals surface area contributed by atoms with Gasteiger partial charge in [-0.1, -0.05) is 18.2 Å². The number of amides is 2.